The highest BCUT2D eigenvalue weighted by Crippen LogP contribution is 2.20. The number of nitrogens with zero attached hydrogens (tertiary/aromatic N) is 4. The molecule has 0 saturated heterocycles. The Bertz CT molecular complexity index is 1250. The molecule has 0 aliphatic carbocycles. The first kappa shape index (κ1) is 21.3. The molecule has 0 saturated carbocycles. The van der Waals surface area contributed by atoms with E-state index < -0.39 is 0 Å². The highest BCUT2D eigenvalue weighted by molar-refractivity contribution is 9.10. The van der Waals surface area contributed by atoms with Gasteiger partial charge < -0.3 is 5.32 Å². The first-order valence-electron chi connectivity index (χ1n) is 9.44. The molecule has 1 N–H and O–H groups in total. The van der Waals surface area contributed by atoms with Crippen molar-refractivity contribution in [1.82, 2.24) is 19.6 Å². The summed E-state index contributed by atoms with van der Waals surface area (Å²) in [4.78, 5) is 12.7. The van der Waals surface area contributed by atoms with Gasteiger partial charge in [0.1, 0.15) is 5.82 Å². The standard InChI is InChI=1S/C22H18BrClFN5O/c1-14-7-21(28-30(14)12-17-5-6-19(25)9-20(17)24)27-22(31)16-4-2-3-15(8-16)11-29-13-18(23)10-26-29/h2-10,13H,11-12H2,1H3,(H,27,28,31). The molecule has 9 heteroatoms. The van der Waals surface area contributed by atoms with Crippen LogP contribution in [0, 0.1) is 12.7 Å². The fourth-order valence-electron chi connectivity index (χ4n) is 3.15. The van der Waals surface area contributed by atoms with Crippen LogP contribution in [0.25, 0.3) is 0 Å². The molecule has 0 aliphatic heterocycles. The molecule has 0 aliphatic rings. The van der Waals surface area contributed by atoms with Gasteiger partial charge in [0.05, 0.1) is 23.8 Å². The number of carbonyl (C=O) groups is 1. The Kier molecular flexibility index (Phi) is 6.20. The number of anilines is 1. The second-order valence-electron chi connectivity index (χ2n) is 7.07. The Balaban J connectivity index is 1.46. The van der Waals surface area contributed by atoms with Crippen molar-refractivity contribution in [1.29, 1.82) is 0 Å². The number of hydrogen-bond acceptors (Lipinski definition) is 3. The van der Waals surface area contributed by atoms with Gasteiger partial charge in [-0.2, -0.15) is 10.2 Å². The van der Waals surface area contributed by atoms with Crippen LogP contribution in [0.3, 0.4) is 0 Å². The average molecular weight is 503 g/mol. The molecular weight excluding hydrogens is 485 g/mol. The van der Waals surface area contributed by atoms with E-state index in [2.05, 4.69) is 31.4 Å². The third-order valence-corrected chi connectivity index (χ3v) is 5.45. The minimum absolute atomic E-state index is 0.257. The molecule has 158 valence electrons. The summed E-state index contributed by atoms with van der Waals surface area (Å²) in [5.74, 6) is -0.212. The third-order valence-electron chi connectivity index (χ3n) is 4.69. The molecule has 31 heavy (non-hydrogen) atoms. The average Bonchev–Trinajstić information content (AvgIpc) is 3.29. The van der Waals surface area contributed by atoms with Crippen LogP contribution in [-0.4, -0.2) is 25.5 Å². The van der Waals surface area contributed by atoms with E-state index in [1.807, 2.05) is 31.3 Å². The van der Waals surface area contributed by atoms with Crippen molar-refractivity contribution >= 4 is 39.3 Å². The molecule has 0 bridgehead atoms. The van der Waals surface area contributed by atoms with Crippen LogP contribution in [0.5, 0.6) is 0 Å². The van der Waals surface area contributed by atoms with Crippen molar-refractivity contribution in [2.75, 3.05) is 5.32 Å². The highest BCUT2D eigenvalue weighted by atomic mass is 79.9. The number of hydrogen-bond donors (Lipinski definition) is 1. The number of amides is 1. The summed E-state index contributed by atoms with van der Waals surface area (Å²) in [7, 11) is 0. The van der Waals surface area contributed by atoms with Crippen molar-refractivity contribution in [3.05, 3.63) is 98.6 Å². The van der Waals surface area contributed by atoms with E-state index in [0.717, 1.165) is 21.3 Å². The molecule has 2 aromatic heterocycles. The van der Waals surface area contributed by atoms with Crippen molar-refractivity contribution in [2.24, 2.45) is 0 Å². The largest absolute Gasteiger partial charge is 0.305 e. The fourth-order valence-corrected chi connectivity index (χ4v) is 3.71. The first-order chi connectivity index (χ1) is 14.9. The van der Waals surface area contributed by atoms with Crippen LogP contribution in [0.2, 0.25) is 5.02 Å². The Hall–Kier alpha value is -2.97. The normalized spacial score (nSPS) is 11.0. The lowest BCUT2D eigenvalue weighted by Crippen LogP contribution is -2.13. The smallest absolute Gasteiger partial charge is 0.256 e. The van der Waals surface area contributed by atoms with Gasteiger partial charge in [-0.3, -0.25) is 14.2 Å². The lowest BCUT2D eigenvalue weighted by atomic mass is 10.1. The summed E-state index contributed by atoms with van der Waals surface area (Å²) in [5.41, 5.74) is 3.06. The molecule has 2 aromatic carbocycles. The second-order valence-corrected chi connectivity index (χ2v) is 8.40. The van der Waals surface area contributed by atoms with E-state index in [0.29, 0.717) is 29.5 Å². The summed E-state index contributed by atoms with van der Waals surface area (Å²) in [6.45, 7) is 2.80. The maximum Gasteiger partial charge on any atom is 0.256 e. The predicted octanol–water partition coefficient (Wildman–Crippen LogP) is 5.29. The summed E-state index contributed by atoms with van der Waals surface area (Å²) in [6, 6.07) is 13.4. The Morgan fingerprint density at radius 2 is 2.03 bits per heavy atom. The number of aryl methyl sites for hydroxylation is 1. The van der Waals surface area contributed by atoms with Crippen LogP contribution in [0.15, 0.2) is 65.4 Å². The van der Waals surface area contributed by atoms with E-state index >= 15 is 0 Å². The number of nitrogens with one attached hydrogen (secondary N) is 1. The number of halogens is 3. The van der Waals surface area contributed by atoms with Crippen molar-refractivity contribution in [3.63, 3.8) is 0 Å². The van der Waals surface area contributed by atoms with Crippen LogP contribution in [0.1, 0.15) is 27.2 Å². The summed E-state index contributed by atoms with van der Waals surface area (Å²) >= 11 is 9.49. The van der Waals surface area contributed by atoms with Gasteiger partial charge in [0.15, 0.2) is 5.82 Å². The van der Waals surface area contributed by atoms with E-state index in [1.165, 1.54) is 12.1 Å². The Morgan fingerprint density at radius 3 is 2.77 bits per heavy atom. The molecule has 0 radical (unpaired) electrons. The lowest BCUT2D eigenvalue weighted by molar-refractivity contribution is 0.102. The van der Waals surface area contributed by atoms with Crippen molar-refractivity contribution in [3.8, 4) is 0 Å². The van der Waals surface area contributed by atoms with Gasteiger partial charge in [0, 0.05) is 28.5 Å². The van der Waals surface area contributed by atoms with Crippen LogP contribution >= 0.6 is 27.5 Å². The number of rotatable bonds is 6. The van der Waals surface area contributed by atoms with Gasteiger partial charge in [-0.05, 0) is 58.2 Å². The molecule has 0 spiro atoms. The Labute approximate surface area is 191 Å². The van der Waals surface area contributed by atoms with Gasteiger partial charge >= 0.3 is 0 Å². The SMILES string of the molecule is Cc1cc(NC(=O)c2cccc(Cn3cc(Br)cn3)c2)nn1Cc1ccc(F)cc1Cl. The van der Waals surface area contributed by atoms with Gasteiger partial charge in [-0.25, -0.2) is 4.39 Å². The van der Waals surface area contributed by atoms with E-state index in [9.17, 15) is 9.18 Å². The molecule has 0 unspecified atom stereocenters. The summed E-state index contributed by atoms with van der Waals surface area (Å²) in [6.07, 6.45) is 3.59. The van der Waals surface area contributed by atoms with Crippen molar-refractivity contribution in [2.45, 2.75) is 20.0 Å². The molecule has 1 amide bonds. The molecule has 2 heterocycles. The quantitative estimate of drug-likeness (QED) is 0.389. The summed E-state index contributed by atoms with van der Waals surface area (Å²) < 4.78 is 17.7. The number of aromatic nitrogens is 4. The van der Waals surface area contributed by atoms with E-state index in [4.69, 9.17) is 11.6 Å². The van der Waals surface area contributed by atoms with Crippen LogP contribution in [0.4, 0.5) is 10.2 Å². The third kappa shape index (κ3) is 5.21. The highest BCUT2D eigenvalue weighted by Gasteiger charge is 2.12. The van der Waals surface area contributed by atoms with Crippen LogP contribution in [-0.2, 0) is 13.1 Å². The zero-order valence-electron chi connectivity index (χ0n) is 16.5. The maximum absolute atomic E-state index is 13.3. The van der Waals surface area contributed by atoms with E-state index in [1.54, 1.807) is 33.8 Å². The number of benzene rings is 2. The monoisotopic (exact) mass is 501 g/mol. The molecule has 4 rings (SSSR count). The molecule has 0 fully saturated rings. The molecule has 0 atom stereocenters. The van der Waals surface area contributed by atoms with Gasteiger partial charge in [-0.15, -0.1) is 0 Å². The topological polar surface area (TPSA) is 64.7 Å². The minimum atomic E-state index is -0.388. The second kappa shape index (κ2) is 9.03. The molecule has 6 nitrogen and oxygen atoms in total. The minimum Gasteiger partial charge on any atom is -0.305 e. The van der Waals surface area contributed by atoms with Gasteiger partial charge in [0.2, 0.25) is 0 Å². The van der Waals surface area contributed by atoms with Gasteiger partial charge in [0.25, 0.3) is 5.91 Å². The fraction of sp³-hybridized carbons (Fsp3) is 0.136. The lowest BCUT2D eigenvalue weighted by Gasteiger charge is -2.07. The zero-order chi connectivity index (χ0) is 22.0. The molecule has 4 aromatic rings. The zero-order valence-corrected chi connectivity index (χ0v) is 18.9. The molecular formula is C22H18BrClFN5O. The van der Waals surface area contributed by atoms with Gasteiger partial charge in [-0.1, -0.05) is 29.8 Å². The number of carbonyl (C=O) groups excluding carboxylic acids is 1. The first-order valence-corrected chi connectivity index (χ1v) is 10.6. The van der Waals surface area contributed by atoms with Crippen molar-refractivity contribution < 1.29 is 9.18 Å². The Morgan fingerprint density at radius 1 is 1.19 bits per heavy atom. The van der Waals surface area contributed by atoms with Crippen LogP contribution < -0.4 is 5.32 Å². The summed E-state index contributed by atoms with van der Waals surface area (Å²) in [5, 5.41) is 11.8. The predicted molar refractivity (Wildman–Crippen MR) is 121 cm³/mol. The maximum atomic E-state index is 13.3. The van der Waals surface area contributed by atoms with E-state index in [-0.39, 0.29) is 11.7 Å².